The van der Waals surface area contributed by atoms with Gasteiger partial charge in [0.1, 0.15) is 11.4 Å². The van der Waals surface area contributed by atoms with E-state index in [1.165, 1.54) is 0 Å². The summed E-state index contributed by atoms with van der Waals surface area (Å²) in [6.45, 7) is 0. The molecule has 78 valence electrons. The van der Waals surface area contributed by atoms with Crippen molar-refractivity contribution < 1.29 is 4.74 Å². The second-order valence-electron chi connectivity index (χ2n) is 3.20. The van der Waals surface area contributed by atoms with E-state index >= 15 is 0 Å². The van der Waals surface area contributed by atoms with Crippen molar-refractivity contribution in [2.75, 3.05) is 7.11 Å². The molecule has 0 N–H and O–H groups in total. The van der Waals surface area contributed by atoms with Crippen LogP contribution in [0.4, 0.5) is 0 Å². The average Bonchev–Trinajstić information content (AvgIpc) is 2.38. The van der Waals surface area contributed by atoms with Crippen molar-refractivity contribution >= 4 is 0 Å². The van der Waals surface area contributed by atoms with Gasteiger partial charge in [0, 0.05) is 11.8 Å². The van der Waals surface area contributed by atoms with E-state index in [4.69, 9.17) is 4.74 Å². The molecule has 0 aliphatic rings. The van der Waals surface area contributed by atoms with Crippen molar-refractivity contribution in [3.63, 3.8) is 0 Å². The molecule has 0 saturated carbocycles. The van der Waals surface area contributed by atoms with E-state index in [0.29, 0.717) is 0 Å². The van der Waals surface area contributed by atoms with Gasteiger partial charge in [-0.15, -0.1) is 0 Å². The van der Waals surface area contributed by atoms with Gasteiger partial charge in [-0.3, -0.25) is 0 Å². The number of rotatable bonds is 1. The molecule has 0 aliphatic heterocycles. The molecule has 1 aromatic heterocycles. The Kier molecular flexibility index (Phi) is 3.20. The molecule has 0 radical (unpaired) electrons. The Bertz CT molecular complexity index is 523. The topological polar surface area (TPSA) is 22.1 Å². The lowest BCUT2D eigenvalue weighted by Gasteiger charge is -1.98. The van der Waals surface area contributed by atoms with Crippen LogP contribution in [-0.4, -0.2) is 12.1 Å². The van der Waals surface area contributed by atoms with Gasteiger partial charge in [-0.05, 0) is 36.3 Å². The molecule has 16 heavy (non-hydrogen) atoms. The average molecular weight is 209 g/mol. The molecule has 0 saturated heterocycles. The van der Waals surface area contributed by atoms with Gasteiger partial charge >= 0.3 is 0 Å². The van der Waals surface area contributed by atoms with Gasteiger partial charge in [-0.25, -0.2) is 4.98 Å². The predicted molar refractivity (Wildman–Crippen MR) is 63.2 cm³/mol. The monoisotopic (exact) mass is 209 g/mol. The van der Waals surface area contributed by atoms with Gasteiger partial charge in [0.25, 0.3) is 0 Å². The van der Waals surface area contributed by atoms with Crippen LogP contribution in [-0.2, 0) is 0 Å². The maximum absolute atomic E-state index is 5.12. The van der Waals surface area contributed by atoms with Gasteiger partial charge in [0.2, 0.25) is 0 Å². The van der Waals surface area contributed by atoms with E-state index in [2.05, 4.69) is 16.8 Å². The number of hydrogen-bond acceptors (Lipinski definition) is 2. The minimum absolute atomic E-state index is 0.769. The second-order valence-corrected chi connectivity index (χ2v) is 3.20. The van der Waals surface area contributed by atoms with Crippen LogP contribution < -0.4 is 4.74 Å². The number of aromatic nitrogens is 1. The highest BCUT2D eigenvalue weighted by atomic mass is 16.5. The third kappa shape index (κ3) is 2.61. The maximum Gasteiger partial charge on any atom is 0.120 e. The maximum atomic E-state index is 5.12. The predicted octanol–water partition coefficient (Wildman–Crippen LogP) is 2.49. The fraction of sp³-hybridized carbons (Fsp3) is 0.0714. The highest BCUT2D eigenvalue weighted by Crippen LogP contribution is 2.11. The number of nitrogens with zero attached hydrogens (tertiary/aromatic N) is 1. The Morgan fingerprint density at radius 1 is 1.06 bits per heavy atom. The first-order valence-corrected chi connectivity index (χ1v) is 4.95. The highest BCUT2D eigenvalue weighted by molar-refractivity contribution is 5.43. The number of methoxy groups -OCH3 is 1. The van der Waals surface area contributed by atoms with Crippen LogP contribution in [0.1, 0.15) is 11.3 Å². The largest absolute Gasteiger partial charge is 0.497 e. The van der Waals surface area contributed by atoms with Gasteiger partial charge in [-0.2, -0.15) is 0 Å². The first kappa shape index (κ1) is 10.3. The minimum Gasteiger partial charge on any atom is -0.497 e. The molecule has 2 rings (SSSR count). The van der Waals surface area contributed by atoms with Crippen molar-refractivity contribution in [3.8, 4) is 17.6 Å². The summed E-state index contributed by atoms with van der Waals surface area (Å²) in [5, 5.41) is 0. The third-order valence-electron chi connectivity index (χ3n) is 2.07. The Labute approximate surface area is 94.9 Å². The Morgan fingerprint density at radius 3 is 2.75 bits per heavy atom. The summed E-state index contributed by atoms with van der Waals surface area (Å²) in [6, 6.07) is 13.3. The van der Waals surface area contributed by atoms with Crippen LogP contribution in [0.3, 0.4) is 0 Å². The van der Waals surface area contributed by atoms with Crippen LogP contribution in [0.15, 0.2) is 48.7 Å². The molecule has 2 nitrogen and oxygen atoms in total. The quantitative estimate of drug-likeness (QED) is 0.673. The van der Waals surface area contributed by atoms with E-state index in [1.54, 1.807) is 13.3 Å². The van der Waals surface area contributed by atoms with Crippen molar-refractivity contribution in [2.45, 2.75) is 0 Å². The Balaban J connectivity index is 2.24. The Hall–Kier alpha value is -2.27. The fourth-order valence-electron chi connectivity index (χ4n) is 1.27. The lowest BCUT2D eigenvalue weighted by atomic mass is 10.2. The zero-order chi connectivity index (χ0) is 11.2. The second kappa shape index (κ2) is 4.99. The normalized spacial score (nSPS) is 9.06. The smallest absolute Gasteiger partial charge is 0.120 e. The van der Waals surface area contributed by atoms with Gasteiger partial charge in [-0.1, -0.05) is 18.1 Å². The van der Waals surface area contributed by atoms with Crippen LogP contribution >= 0.6 is 0 Å². The van der Waals surface area contributed by atoms with E-state index < -0.39 is 0 Å². The molecule has 0 unspecified atom stereocenters. The molecule has 0 bridgehead atoms. The van der Waals surface area contributed by atoms with Crippen LogP contribution in [0.2, 0.25) is 0 Å². The number of pyridine rings is 1. The van der Waals surface area contributed by atoms with Gasteiger partial charge in [0.15, 0.2) is 0 Å². The zero-order valence-corrected chi connectivity index (χ0v) is 8.97. The molecule has 1 aromatic carbocycles. The van der Waals surface area contributed by atoms with E-state index in [0.717, 1.165) is 17.0 Å². The minimum atomic E-state index is 0.769. The van der Waals surface area contributed by atoms with Crippen molar-refractivity contribution in [3.05, 3.63) is 59.9 Å². The molecule has 0 atom stereocenters. The zero-order valence-electron chi connectivity index (χ0n) is 8.97. The highest BCUT2D eigenvalue weighted by Gasteiger charge is 1.91. The molecule has 0 amide bonds. The molecule has 1 heterocycles. The van der Waals surface area contributed by atoms with Crippen LogP contribution in [0.5, 0.6) is 5.75 Å². The molecule has 2 heteroatoms. The summed E-state index contributed by atoms with van der Waals surface area (Å²) in [6.07, 6.45) is 1.73. The lowest BCUT2D eigenvalue weighted by Crippen LogP contribution is -1.83. The van der Waals surface area contributed by atoms with Gasteiger partial charge < -0.3 is 4.74 Å². The lowest BCUT2D eigenvalue weighted by molar-refractivity contribution is 0.414. The molecule has 0 aliphatic carbocycles. The summed E-state index contributed by atoms with van der Waals surface area (Å²) < 4.78 is 5.12. The summed E-state index contributed by atoms with van der Waals surface area (Å²) in [5.74, 6) is 6.85. The first-order chi connectivity index (χ1) is 7.88. The third-order valence-corrected chi connectivity index (χ3v) is 2.07. The number of hydrogen-bond donors (Lipinski definition) is 0. The molecular weight excluding hydrogens is 198 g/mol. The fourth-order valence-corrected chi connectivity index (χ4v) is 1.27. The van der Waals surface area contributed by atoms with E-state index in [1.807, 2.05) is 42.5 Å². The summed E-state index contributed by atoms with van der Waals surface area (Å²) in [4.78, 5) is 4.13. The first-order valence-electron chi connectivity index (χ1n) is 4.95. The SMILES string of the molecule is COc1cccc(C#Cc2ccccn2)c1. The molecule has 0 spiro atoms. The molecular formula is C14H11NO. The standard InChI is InChI=1S/C14H11NO/c1-16-14-7-4-5-12(11-14)8-9-13-6-2-3-10-15-13/h2-7,10-11H,1H3. The summed E-state index contributed by atoms with van der Waals surface area (Å²) in [7, 11) is 1.64. The van der Waals surface area contributed by atoms with Gasteiger partial charge in [0.05, 0.1) is 7.11 Å². The Morgan fingerprint density at radius 2 is 2.00 bits per heavy atom. The van der Waals surface area contributed by atoms with Crippen LogP contribution in [0.25, 0.3) is 0 Å². The van der Waals surface area contributed by atoms with Crippen molar-refractivity contribution in [2.24, 2.45) is 0 Å². The molecule has 2 aromatic rings. The number of benzene rings is 1. The van der Waals surface area contributed by atoms with Crippen molar-refractivity contribution in [1.29, 1.82) is 0 Å². The van der Waals surface area contributed by atoms with Crippen molar-refractivity contribution in [1.82, 2.24) is 4.98 Å². The van der Waals surface area contributed by atoms with E-state index in [-0.39, 0.29) is 0 Å². The van der Waals surface area contributed by atoms with E-state index in [9.17, 15) is 0 Å². The summed E-state index contributed by atoms with van der Waals surface area (Å²) >= 11 is 0. The molecule has 0 fully saturated rings. The summed E-state index contributed by atoms with van der Waals surface area (Å²) in [5.41, 5.74) is 1.69. The number of ether oxygens (including phenoxy) is 1. The van der Waals surface area contributed by atoms with Crippen LogP contribution in [0, 0.1) is 11.8 Å².